The minimum absolute atomic E-state index is 0.113. The lowest BCUT2D eigenvalue weighted by Gasteiger charge is -2.32. The number of likely N-dealkylation sites (N-methyl/N-ethyl adjacent to an activating group) is 1. The van der Waals surface area contributed by atoms with E-state index in [1.807, 2.05) is 0 Å². The van der Waals surface area contributed by atoms with Crippen molar-refractivity contribution in [2.24, 2.45) is 0 Å². The molecule has 0 amide bonds. The molecule has 0 heterocycles. The number of nitrogens with one attached hydrogen (secondary N) is 1. The van der Waals surface area contributed by atoms with Crippen molar-refractivity contribution in [1.82, 2.24) is 5.32 Å². The molecule has 2 N–H and O–H groups in total. The number of aliphatic hydroxyl groups excluding tert-OH is 1. The van der Waals surface area contributed by atoms with Crippen LogP contribution in [0.4, 0.5) is 5.69 Å². The summed E-state index contributed by atoms with van der Waals surface area (Å²) in [5.74, 6) is 0. The van der Waals surface area contributed by atoms with E-state index in [-0.39, 0.29) is 12.1 Å². The van der Waals surface area contributed by atoms with Crippen molar-refractivity contribution in [3.63, 3.8) is 0 Å². The van der Waals surface area contributed by atoms with Crippen LogP contribution in [-0.4, -0.2) is 37.4 Å². The van der Waals surface area contributed by atoms with Gasteiger partial charge in [-0.25, -0.2) is 0 Å². The maximum Gasteiger partial charge on any atom is 0.0613 e. The third-order valence-electron chi connectivity index (χ3n) is 4.33. The van der Waals surface area contributed by atoms with Gasteiger partial charge in [0, 0.05) is 24.8 Å². The molecule has 0 aliphatic carbocycles. The first-order valence-electron chi connectivity index (χ1n) is 8.11. The van der Waals surface area contributed by atoms with Crippen molar-refractivity contribution >= 4 is 5.69 Å². The van der Waals surface area contributed by atoms with Crippen LogP contribution in [0.5, 0.6) is 0 Å². The molecule has 1 unspecified atom stereocenters. The largest absolute Gasteiger partial charge is 0.394 e. The van der Waals surface area contributed by atoms with Crippen LogP contribution in [0.2, 0.25) is 0 Å². The molecule has 1 rings (SSSR count). The van der Waals surface area contributed by atoms with E-state index in [0.29, 0.717) is 0 Å². The standard InChI is InChI=1S/C18H32N2O/c1-6-18(14-21,19-7-2)9-8-10-20(5)17-12-15(3)11-16(4)13-17/h11-13,19,21H,6-10,14H2,1-5H3. The molecule has 1 aromatic carbocycles. The van der Waals surface area contributed by atoms with Gasteiger partial charge in [-0.15, -0.1) is 0 Å². The zero-order chi connectivity index (χ0) is 15.9. The molecule has 0 saturated heterocycles. The minimum atomic E-state index is -0.113. The summed E-state index contributed by atoms with van der Waals surface area (Å²) in [5, 5.41) is 13.1. The molecule has 0 saturated carbocycles. The average Bonchev–Trinajstić information content (AvgIpc) is 2.45. The van der Waals surface area contributed by atoms with E-state index >= 15 is 0 Å². The van der Waals surface area contributed by atoms with E-state index < -0.39 is 0 Å². The summed E-state index contributed by atoms with van der Waals surface area (Å²) in [7, 11) is 2.15. The molecule has 1 atom stereocenters. The van der Waals surface area contributed by atoms with Crippen LogP contribution in [0, 0.1) is 13.8 Å². The number of aryl methyl sites for hydroxylation is 2. The molecular formula is C18H32N2O. The molecule has 3 heteroatoms. The highest BCUT2D eigenvalue weighted by atomic mass is 16.3. The van der Waals surface area contributed by atoms with Crippen molar-refractivity contribution in [2.75, 3.05) is 31.6 Å². The molecule has 120 valence electrons. The van der Waals surface area contributed by atoms with E-state index in [0.717, 1.165) is 32.4 Å². The molecule has 0 spiro atoms. The first kappa shape index (κ1) is 18.0. The molecule has 0 radical (unpaired) electrons. The summed E-state index contributed by atoms with van der Waals surface area (Å²) in [6, 6.07) is 6.67. The van der Waals surface area contributed by atoms with Gasteiger partial charge in [0.25, 0.3) is 0 Å². The molecule has 0 fully saturated rings. The van der Waals surface area contributed by atoms with Crippen molar-refractivity contribution < 1.29 is 5.11 Å². The lowest BCUT2D eigenvalue weighted by atomic mass is 9.91. The lowest BCUT2D eigenvalue weighted by molar-refractivity contribution is 0.147. The Balaban J connectivity index is 2.57. The van der Waals surface area contributed by atoms with Crippen LogP contribution >= 0.6 is 0 Å². The van der Waals surface area contributed by atoms with Gasteiger partial charge in [-0.3, -0.25) is 0 Å². The van der Waals surface area contributed by atoms with E-state index in [9.17, 15) is 5.11 Å². The average molecular weight is 292 g/mol. The number of benzene rings is 1. The highest BCUT2D eigenvalue weighted by molar-refractivity contribution is 5.50. The third-order valence-corrected chi connectivity index (χ3v) is 4.33. The van der Waals surface area contributed by atoms with Crippen LogP contribution in [0.1, 0.15) is 44.2 Å². The molecule has 0 bridgehead atoms. The smallest absolute Gasteiger partial charge is 0.0613 e. The maximum absolute atomic E-state index is 9.69. The van der Waals surface area contributed by atoms with Gasteiger partial charge in [0.2, 0.25) is 0 Å². The molecule has 0 aliphatic rings. The number of rotatable bonds is 9. The van der Waals surface area contributed by atoms with E-state index in [1.165, 1.54) is 16.8 Å². The number of hydrogen-bond acceptors (Lipinski definition) is 3. The Bertz CT molecular complexity index is 407. The van der Waals surface area contributed by atoms with Gasteiger partial charge in [0.15, 0.2) is 0 Å². The first-order valence-corrected chi connectivity index (χ1v) is 8.11. The molecule has 0 aliphatic heterocycles. The van der Waals surface area contributed by atoms with Crippen LogP contribution in [0.3, 0.4) is 0 Å². The second-order valence-electron chi connectivity index (χ2n) is 6.19. The summed E-state index contributed by atoms with van der Waals surface area (Å²) in [6.45, 7) is 10.7. The van der Waals surface area contributed by atoms with Gasteiger partial charge in [-0.05, 0) is 62.9 Å². The Kier molecular flexibility index (Phi) is 7.20. The summed E-state index contributed by atoms with van der Waals surface area (Å²) in [5.41, 5.74) is 3.78. The Labute approximate surface area is 130 Å². The molecule has 0 aromatic heterocycles. The highest BCUT2D eigenvalue weighted by Gasteiger charge is 2.25. The van der Waals surface area contributed by atoms with Crippen LogP contribution in [0.25, 0.3) is 0 Å². The zero-order valence-corrected chi connectivity index (χ0v) is 14.4. The van der Waals surface area contributed by atoms with E-state index in [4.69, 9.17) is 0 Å². The number of anilines is 1. The van der Waals surface area contributed by atoms with Gasteiger partial charge in [-0.1, -0.05) is 19.9 Å². The van der Waals surface area contributed by atoms with Gasteiger partial charge in [0.1, 0.15) is 0 Å². The number of hydrogen-bond donors (Lipinski definition) is 2. The van der Waals surface area contributed by atoms with Gasteiger partial charge in [0.05, 0.1) is 6.61 Å². The van der Waals surface area contributed by atoms with Gasteiger partial charge >= 0.3 is 0 Å². The van der Waals surface area contributed by atoms with Crippen LogP contribution in [-0.2, 0) is 0 Å². The monoisotopic (exact) mass is 292 g/mol. The van der Waals surface area contributed by atoms with E-state index in [2.05, 4.69) is 63.2 Å². The van der Waals surface area contributed by atoms with Crippen LogP contribution < -0.4 is 10.2 Å². The lowest BCUT2D eigenvalue weighted by Crippen LogP contribution is -2.48. The summed E-state index contributed by atoms with van der Waals surface area (Å²) in [6.07, 6.45) is 3.04. The van der Waals surface area contributed by atoms with Crippen molar-refractivity contribution in [3.05, 3.63) is 29.3 Å². The fourth-order valence-electron chi connectivity index (χ4n) is 2.97. The fraction of sp³-hybridized carbons (Fsp3) is 0.667. The highest BCUT2D eigenvalue weighted by Crippen LogP contribution is 2.20. The summed E-state index contributed by atoms with van der Waals surface area (Å²) >= 11 is 0. The number of nitrogens with zero attached hydrogens (tertiary/aromatic N) is 1. The van der Waals surface area contributed by atoms with Crippen LogP contribution in [0.15, 0.2) is 18.2 Å². The third kappa shape index (κ3) is 5.33. The second kappa shape index (κ2) is 8.40. The molecule has 3 nitrogen and oxygen atoms in total. The van der Waals surface area contributed by atoms with E-state index in [1.54, 1.807) is 0 Å². The predicted molar refractivity (Wildman–Crippen MR) is 92.2 cm³/mol. The maximum atomic E-state index is 9.69. The molecular weight excluding hydrogens is 260 g/mol. The molecule has 1 aromatic rings. The predicted octanol–water partition coefficient (Wildman–Crippen LogP) is 3.27. The SMILES string of the molecule is CCNC(CC)(CO)CCCN(C)c1cc(C)cc(C)c1. The summed E-state index contributed by atoms with van der Waals surface area (Å²) < 4.78 is 0. The first-order chi connectivity index (χ1) is 9.96. The Morgan fingerprint density at radius 3 is 2.24 bits per heavy atom. The molecule has 21 heavy (non-hydrogen) atoms. The quantitative estimate of drug-likeness (QED) is 0.733. The van der Waals surface area contributed by atoms with Gasteiger partial charge < -0.3 is 15.3 Å². The second-order valence-corrected chi connectivity index (χ2v) is 6.19. The Morgan fingerprint density at radius 2 is 1.76 bits per heavy atom. The topological polar surface area (TPSA) is 35.5 Å². The Hall–Kier alpha value is -1.06. The van der Waals surface area contributed by atoms with Gasteiger partial charge in [-0.2, -0.15) is 0 Å². The van der Waals surface area contributed by atoms with Crippen molar-refractivity contribution in [2.45, 2.75) is 52.5 Å². The van der Waals surface area contributed by atoms with Crippen molar-refractivity contribution in [1.29, 1.82) is 0 Å². The summed E-state index contributed by atoms with van der Waals surface area (Å²) in [4.78, 5) is 2.31. The Morgan fingerprint density at radius 1 is 1.14 bits per heavy atom. The normalized spacial score (nSPS) is 14.0. The minimum Gasteiger partial charge on any atom is -0.394 e. The zero-order valence-electron chi connectivity index (χ0n) is 14.4. The number of aliphatic hydroxyl groups is 1. The fourth-order valence-corrected chi connectivity index (χ4v) is 2.97. The van der Waals surface area contributed by atoms with Crippen molar-refractivity contribution in [3.8, 4) is 0 Å².